The number of carbonyl (C=O) groups is 1. The van der Waals surface area contributed by atoms with Crippen molar-refractivity contribution in [2.75, 3.05) is 5.32 Å². The van der Waals surface area contributed by atoms with Crippen molar-refractivity contribution in [2.45, 2.75) is 33.1 Å². The lowest BCUT2D eigenvalue weighted by molar-refractivity contribution is -0.115. The maximum absolute atomic E-state index is 13.0. The van der Waals surface area contributed by atoms with Gasteiger partial charge >= 0.3 is 0 Å². The molecule has 0 atom stereocenters. The van der Waals surface area contributed by atoms with Crippen molar-refractivity contribution in [3.63, 3.8) is 0 Å². The molecule has 1 amide bonds. The summed E-state index contributed by atoms with van der Waals surface area (Å²) in [5, 5.41) is 9.09. The highest BCUT2D eigenvalue weighted by atomic mass is 32.1. The van der Waals surface area contributed by atoms with E-state index in [0.29, 0.717) is 23.0 Å². The Morgan fingerprint density at radius 3 is 2.70 bits per heavy atom. The molecule has 8 heteroatoms. The summed E-state index contributed by atoms with van der Waals surface area (Å²) in [6.07, 6.45) is 2.20. The molecule has 0 aliphatic rings. The van der Waals surface area contributed by atoms with Crippen molar-refractivity contribution >= 4 is 27.9 Å². The lowest BCUT2D eigenvalue weighted by Crippen LogP contribution is -2.16. The zero-order valence-electron chi connectivity index (χ0n) is 18.6. The smallest absolute Gasteiger partial charge is 0.260 e. The van der Waals surface area contributed by atoms with Gasteiger partial charge in [0.25, 0.3) is 5.89 Å². The monoisotopic (exact) mass is 457 g/mol. The first-order valence-electron chi connectivity index (χ1n) is 10.7. The van der Waals surface area contributed by atoms with Gasteiger partial charge in [-0.2, -0.15) is 4.98 Å². The summed E-state index contributed by atoms with van der Waals surface area (Å²) in [7, 11) is 0. The molecule has 33 heavy (non-hydrogen) atoms. The fourth-order valence-corrected chi connectivity index (χ4v) is 4.52. The zero-order chi connectivity index (χ0) is 22.9. The maximum Gasteiger partial charge on any atom is 0.260 e. The first-order valence-corrected chi connectivity index (χ1v) is 11.6. The minimum absolute atomic E-state index is 0.121. The molecule has 0 radical (unpaired) electrons. The van der Waals surface area contributed by atoms with Crippen LogP contribution in [0.15, 0.2) is 64.6 Å². The summed E-state index contributed by atoms with van der Waals surface area (Å²) >= 11 is 1.52. The fourth-order valence-electron chi connectivity index (χ4n) is 3.64. The summed E-state index contributed by atoms with van der Waals surface area (Å²) in [5.41, 5.74) is 5.15. The van der Waals surface area contributed by atoms with Crippen LogP contribution in [0.3, 0.4) is 0 Å². The van der Waals surface area contributed by atoms with Crippen LogP contribution in [0.1, 0.15) is 36.8 Å². The zero-order valence-corrected chi connectivity index (χ0v) is 19.4. The molecule has 0 aliphatic heterocycles. The van der Waals surface area contributed by atoms with Crippen molar-refractivity contribution in [3.05, 3.63) is 77.2 Å². The van der Waals surface area contributed by atoms with Gasteiger partial charge in [0.2, 0.25) is 5.91 Å². The highest BCUT2D eigenvalue weighted by molar-refractivity contribution is 7.15. The molecule has 0 aliphatic carbocycles. The molecule has 7 nitrogen and oxygen atoms in total. The Labute approximate surface area is 195 Å². The van der Waals surface area contributed by atoms with Crippen molar-refractivity contribution in [3.8, 4) is 22.7 Å². The van der Waals surface area contributed by atoms with E-state index in [1.807, 2.05) is 85.3 Å². The summed E-state index contributed by atoms with van der Waals surface area (Å²) in [5.74, 6) is 1.07. The minimum Gasteiger partial charge on any atom is -0.334 e. The average Bonchev–Trinajstić information content (AvgIpc) is 3.53. The van der Waals surface area contributed by atoms with Gasteiger partial charge in [0, 0.05) is 28.8 Å². The Balaban J connectivity index is 1.40. The van der Waals surface area contributed by atoms with E-state index in [4.69, 9.17) is 9.51 Å². The molecule has 1 N–H and O–H groups in total. The van der Waals surface area contributed by atoms with Crippen LogP contribution in [-0.2, 0) is 11.2 Å². The van der Waals surface area contributed by atoms with Crippen LogP contribution in [0.5, 0.6) is 0 Å². The third-order valence-electron chi connectivity index (χ3n) is 5.42. The quantitative estimate of drug-likeness (QED) is 0.352. The Hall–Kier alpha value is -3.78. The molecule has 3 aromatic heterocycles. The number of nitrogens with one attached hydrogen (secondary N) is 1. The van der Waals surface area contributed by atoms with Crippen LogP contribution >= 0.6 is 11.3 Å². The third kappa shape index (κ3) is 4.17. The van der Waals surface area contributed by atoms with E-state index in [1.165, 1.54) is 11.3 Å². The van der Waals surface area contributed by atoms with Crippen LogP contribution in [0.2, 0.25) is 0 Å². The third-order valence-corrected chi connectivity index (χ3v) is 6.31. The van der Waals surface area contributed by atoms with E-state index in [0.717, 1.165) is 27.5 Å². The lowest BCUT2D eigenvalue weighted by Gasteiger charge is -2.11. The van der Waals surface area contributed by atoms with E-state index in [9.17, 15) is 4.79 Å². The number of carbonyl (C=O) groups excluding carboxylic acids is 1. The molecule has 0 unspecified atom stereocenters. The molecular weight excluding hydrogens is 434 g/mol. The molecule has 2 aromatic carbocycles. The molecule has 5 aromatic rings. The summed E-state index contributed by atoms with van der Waals surface area (Å²) < 4.78 is 7.46. The van der Waals surface area contributed by atoms with E-state index in [2.05, 4.69) is 15.5 Å². The number of rotatable bonds is 6. The SMILES string of the molecule is Cc1cccc(-c2nc(C(C)C)no2)c1NC(=O)Cc1csc2nc(-c3ccccc3)cn12. The maximum atomic E-state index is 13.0. The Morgan fingerprint density at radius 2 is 1.94 bits per heavy atom. The molecule has 5 rings (SSSR count). The Kier molecular flexibility index (Phi) is 5.51. The van der Waals surface area contributed by atoms with E-state index >= 15 is 0 Å². The van der Waals surface area contributed by atoms with Gasteiger partial charge in [0.05, 0.1) is 23.4 Å². The van der Waals surface area contributed by atoms with Gasteiger partial charge in [-0.3, -0.25) is 9.20 Å². The number of thiazole rings is 1. The van der Waals surface area contributed by atoms with Gasteiger partial charge in [-0.05, 0) is 18.6 Å². The molecular formula is C25H23N5O2S. The second kappa shape index (κ2) is 8.63. The normalized spacial score (nSPS) is 11.4. The molecule has 0 fully saturated rings. The van der Waals surface area contributed by atoms with Gasteiger partial charge in [-0.15, -0.1) is 11.3 Å². The van der Waals surface area contributed by atoms with Crippen molar-refractivity contribution in [1.29, 1.82) is 0 Å². The molecule has 0 bridgehead atoms. The van der Waals surface area contributed by atoms with Crippen LogP contribution in [0.4, 0.5) is 5.69 Å². The predicted molar refractivity (Wildman–Crippen MR) is 129 cm³/mol. The summed E-state index contributed by atoms with van der Waals surface area (Å²) in [4.78, 5) is 23.1. The predicted octanol–water partition coefficient (Wildman–Crippen LogP) is 5.73. The molecule has 166 valence electrons. The van der Waals surface area contributed by atoms with Gasteiger partial charge in [-0.1, -0.05) is 61.5 Å². The van der Waals surface area contributed by atoms with Crippen LogP contribution in [0, 0.1) is 6.92 Å². The number of benzene rings is 2. The van der Waals surface area contributed by atoms with Crippen molar-refractivity contribution in [2.24, 2.45) is 0 Å². The number of anilines is 1. The topological polar surface area (TPSA) is 85.3 Å². The highest BCUT2D eigenvalue weighted by Gasteiger charge is 2.19. The summed E-state index contributed by atoms with van der Waals surface area (Å²) in [6.45, 7) is 5.96. The van der Waals surface area contributed by atoms with Gasteiger partial charge < -0.3 is 9.84 Å². The Morgan fingerprint density at radius 1 is 1.12 bits per heavy atom. The second-order valence-corrected chi connectivity index (χ2v) is 9.04. The van der Waals surface area contributed by atoms with Gasteiger partial charge in [0.15, 0.2) is 10.8 Å². The number of aryl methyl sites for hydroxylation is 1. The van der Waals surface area contributed by atoms with E-state index in [-0.39, 0.29) is 18.2 Å². The number of aromatic nitrogens is 4. The molecule has 0 spiro atoms. The average molecular weight is 458 g/mol. The standard InChI is InChI=1S/C25H23N5O2S/c1-15(2)23-28-24(32-29-23)19-11-7-8-16(3)22(19)27-21(31)12-18-14-33-25-26-20(13-30(18)25)17-9-5-4-6-10-17/h4-11,13-15H,12H2,1-3H3,(H,27,31). The fraction of sp³-hybridized carbons (Fsp3) is 0.200. The van der Waals surface area contributed by atoms with Crippen LogP contribution in [-0.4, -0.2) is 25.4 Å². The number of nitrogens with zero attached hydrogens (tertiary/aromatic N) is 4. The first-order chi connectivity index (χ1) is 16.0. The minimum atomic E-state index is -0.121. The number of hydrogen-bond acceptors (Lipinski definition) is 6. The largest absolute Gasteiger partial charge is 0.334 e. The van der Waals surface area contributed by atoms with E-state index in [1.54, 1.807) is 0 Å². The van der Waals surface area contributed by atoms with Crippen LogP contribution < -0.4 is 5.32 Å². The summed E-state index contributed by atoms with van der Waals surface area (Å²) in [6, 6.07) is 15.8. The van der Waals surface area contributed by atoms with Gasteiger partial charge in [0.1, 0.15) is 0 Å². The van der Waals surface area contributed by atoms with E-state index < -0.39 is 0 Å². The number of para-hydroxylation sites is 1. The highest BCUT2D eigenvalue weighted by Crippen LogP contribution is 2.31. The number of hydrogen-bond donors (Lipinski definition) is 1. The first kappa shape index (κ1) is 21.1. The second-order valence-electron chi connectivity index (χ2n) is 8.21. The van der Waals surface area contributed by atoms with Crippen LogP contribution in [0.25, 0.3) is 27.7 Å². The number of amides is 1. The van der Waals surface area contributed by atoms with Gasteiger partial charge in [-0.25, -0.2) is 4.98 Å². The van der Waals surface area contributed by atoms with Crippen molar-refractivity contribution < 1.29 is 9.32 Å². The Bertz CT molecular complexity index is 1430. The van der Waals surface area contributed by atoms with Crippen molar-refractivity contribution in [1.82, 2.24) is 19.5 Å². The number of imidazole rings is 1. The molecule has 0 saturated carbocycles. The molecule has 0 saturated heterocycles. The molecule has 3 heterocycles. The number of fused-ring (bicyclic) bond motifs is 1. The lowest BCUT2D eigenvalue weighted by atomic mass is 10.1.